The number of aromatic hydroxyl groups is 1. The molecular weight excluding hydrogens is 236 g/mol. The van der Waals surface area contributed by atoms with Gasteiger partial charge in [-0.2, -0.15) is 0 Å². The fourth-order valence-corrected chi connectivity index (χ4v) is 1.80. The van der Waals surface area contributed by atoms with Crippen LogP contribution >= 0.6 is 0 Å². The van der Waals surface area contributed by atoms with E-state index in [4.69, 9.17) is 15.3 Å². The minimum absolute atomic E-state index is 0.135. The van der Waals surface area contributed by atoms with Crippen molar-refractivity contribution < 1.29 is 24.9 Å². The Morgan fingerprint density at radius 3 is 1.94 bits per heavy atom. The third-order valence-electron chi connectivity index (χ3n) is 2.70. The van der Waals surface area contributed by atoms with E-state index in [-0.39, 0.29) is 24.5 Å². The van der Waals surface area contributed by atoms with Gasteiger partial charge in [0.25, 0.3) is 0 Å². The molecule has 0 aliphatic rings. The Labute approximate surface area is 105 Å². The van der Waals surface area contributed by atoms with E-state index in [0.29, 0.717) is 12.8 Å². The number of benzene rings is 1. The summed E-state index contributed by atoms with van der Waals surface area (Å²) in [6.07, 6.45) is 0.837. The van der Waals surface area contributed by atoms with Crippen LogP contribution in [0, 0.1) is 5.92 Å². The van der Waals surface area contributed by atoms with Gasteiger partial charge in [0.1, 0.15) is 5.75 Å². The largest absolute Gasteiger partial charge is 0.508 e. The maximum absolute atomic E-state index is 10.6. The summed E-state index contributed by atoms with van der Waals surface area (Å²) in [5, 5.41) is 26.5. The molecule has 0 fully saturated rings. The van der Waals surface area contributed by atoms with Crippen molar-refractivity contribution in [1.82, 2.24) is 0 Å². The standard InChI is InChI=1S/C13H16O5/c14-11-5-3-9(4-6-11)1-2-10(7-12(15)16)8-13(17)18/h3-6,10,14H,1-2,7-8H2,(H,15,16)(H,17,18). The molecule has 5 nitrogen and oxygen atoms in total. The number of hydrogen-bond acceptors (Lipinski definition) is 3. The van der Waals surface area contributed by atoms with Gasteiger partial charge in [-0.25, -0.2) is 0 Å². The van der Waals surface area contributed by atoms with Gasteiger partial charge in [-0.05, 0) is 36.5 Å². The van der Waals surface area contributed by atoms with E-state index >= 15 is 0 Å². The van der Waals surface area contributed by atoms with Crippen LogP contribution in [0.3, 0.4) is 0 Å². The van der Waals surface area contributed by atoms with Crippen LogP contribution in [0.15, 0.2) is 24.3 Å². The number of carbonyl (C=O) groups is 2. The van der Waals surface area contributed by atoms with E-state index in [1.54, 1.807) is 24.3 Å². The Bertz CT molecular complexity index is 394. The zero-order valence-corrected chi connectivity index (χ0v) is 9.87. The molecule has 0 radical (unpaired) electrons. The number of aliphatic carboxylic acids is 2. The van der Waals surface area contributed by atoms with Crippen molar-refractivity contribution in [2.45, 2.75) is 25.7 Å². The molecule has 5 heteroatoms. The fourth-order valence-electron chi connectivity index (χ4n) is 1.80. The maximum Gasteiger partial charge on any atom is 0.303 e. The molecule has 0 aliphatic carbocycles. The van der Waals surface area contributed by atoms with Crippen LogP contribution in [0.5, 0.6) is 5.75 Å². The van der Waals surface area contributed by atoms with Gasteiger partial charge in [0.15, 0.2) is 0 Å². The van der Waals surface area contributed by atoms with Crippen molar-refractivity contribution >= 4 is 11.9 Å². The topological polar surface area (TPSA) is 94.8 Å². The molecule has 3 N–H and O–H groups in total. The molecule has 0 heterocycles. The summed E-state index contributed by atoms with van der Waals surface area (Å²) < 4.78 is 0. The molecule has 1 aromatic rings. The Hall–Kier alpha value is -2.04. The third kappa shape index (κ3) is 5.34. The van der Waals surface area contributed by atoms with E-state index in [0.717, 1.165) is 5.56 Å². The summed E-state index contributed by atoms with van der Waals surface area (Å²) in [7, 11) is 0. The van der Waals surface area contributed by atoms with Gasteiger partial charge in [0.2, 0.25) is 0 Å². The smallest absolute Gasteiger partial charge is 0.303 e. The highest BCUT2D eigenvalue weighted by Gasteiger charge is 2.16. The number of phenols is 1. The maximum atomic E-state index is 10.6. The lowest BCUT2D eigenvalue weighted by atomic mass is 9.93. The molecule has 0 spiro atoms. The van der Waals surface area contributed by atoms with Crippen LogP contribution in [0.25, 0.3) is 0 Å². The zero-order valence-electron chi connectivity index (χ0n) is 9.87. The van der Waals surface area contributed by atoms with Crippen LogP contribution in [-0.4, -0.2) is 27.3 Å². The van der Waals surface area contributed by atoms with E-state index in [9.17, 15) is 9.59 Å². The molecule has 0 aliphatic heterocycles. The van der Waals surface area contributed by atoms with Gasteiger partial charge >= 0.3 is 11.9 Å². The summed E-state index contributed by atoms with van der Waals surface area (Å²) in [4.78, 5) is 21.2. The van der Waals surface area contributed by atoms with Crippen molar-refractivity contribution in [3.05, 3.63) is 29.8 Å². The van der Waals surface area contributed by atoms with Crippen molar-refractivity contribution in [2.75, 3.05) is 0 Å². The molecule has 0 unspecified atom stereocenters. The summed E-state index contributed by atoms with van der Waals surface area (Å²) in [5.74, 6) is -2.15. The molecule has 0 amide bonds. The van der Waals surface area contributed by atoms with Gasteiger partial charge in [-0.1, -0.05) is 12.1 Å². The zero-order chi connectivity index (χ0) is 13.5. The van der Waals surface area contributed by atoms with E-state index in [1.165, 1.54) is 0 Å². The predicted molar refractivity (Wildman–Crippen MR) is 64.4 cm³/mol. The first-order valence-electron chi connectivity index (χ1n) is 5.69. The van der Waals surface area contributed by atoms with Crippen LogP contribution in [-0.2, 0) is 16.0 Å². The molecule has 1 rings (SSSR count). The van der Waals surface area contributed by atoms with Crippen molar-refractivity contribution in [3.8, 4) is 5.75 Å². The number of carboxylic acids is 2. The number of phenolic OH excluding ortho intramolecular Hbond substituents is 1. The lowest BCUT2D eigenvalue weighted by Gasteiger charge is -2.12. The Morgan fingerprint density at radius 2 is 1.50 bits per heavy atom. The fraction of sp³-hybridized carbons (Fsp3) is 0.385. The Balaban J connectivity index is 2.52. The average Bonchev–Trinajstić information content (AvgIpc) is 2.26. The summed E-state index contributed by atoms with van der Waals surface area (Å²) in [5.41, 5.74) is 0.952. The van der Waals surface area contributed by atoms with Crippen LogP contribution in [0.4, 0.5) is 0 Å². The highest BCUT2D eigenvalue weighted by Crippen LogP contribution is 2.18. The normalized spacial score (nSPS) is 10.5. The second-order valence-electron chi connectivity index (χ2n) is 4.27. The lowest BCUT2D eigenvalue weighted by molar-refractivity contribution is -0.140. The van der Waals surface area contributed by atoms with Crippen molar-refractivity contribution in [2.24, 2.45) is 5.92 Å². The SMILES string of the molecule is O=C(O)CC(CCc1ccc(O)cc1)CC(=O)O. The molecule has 0 bridgehead atoms. The van der Waals surface area contributed by atoms with Gasteiger partial charge in [0, 0.05) is 12.8 Å². The monoisotopic (exact) mass is 252 g/mol. The van der Waals surface area contributed by atoms with Crippen LogP contribution in [0.1, 0.15) is 24.8 Å². The van der Waals surface area contributed by atoms with Gasteiger partial charge in [-0.15, -0.1) is 0 Å². The summed E-state index contributed by atoms with van der Waals surface area (Å²) in [6.45, 7) is 0. The van der Waals surface area contributed by atoms with Gasteiger partial charge in [-0.3, -0.25) is 9.59 Å². The second kappa shape index (κ2) is 6.64. The third-order valence-corrected chi connectivity index (χ3v) is 2.70. The van der Waals surface area contributed by atoms with E-state index in [2.05, 4.69) is 0 Å². The Morgan fingerprint density at radius 1 is 1.00 bits per heavy atom. The molecule has 98 valence electrons. The first-order chi connectivity index (χ1) is 8.47. The first kappa shape index (κ1) is 14.0. The molecule has 0 aromatic heterocycles. The average molecular weight is 252 g/mol. The van der Waals surface area contributed by atoms with Crippen molar-refractivity contribution in [3.63, 3.8) is 0 Å². The van der Waals surface area contributed by atoms with E-state index in [1.807, 2.05) is 0 Å². The summed E-state index contributed by atoms with van der Waals surface area (Å²) in [6, 6.07) is 6.60. The van der Waals surface area contributed by atoms with Crippen molar-refractivity contribution in [1.29, 1.82) is 0 Å². The lowest BCUT2D eigenvalue weighted by Crippen LogP contribution is -2.13. The number of hydrogen-bond donors (Lipinski definition) is 3. The number of carboxylic acid groups (broad SMARTS) is 2. The highest BCUT2D eigenvalue weighted by atomic mass is 16.4. The number of aryl methyl sites for hydroxylation is 1. The highest BCUT2D eigenvalue weighted by molar-refractivity contribution is 5.70. The first-order valence-corrected chi connectivity index (χ1v) is 5.69. The minimum atomic E-state index is -0.980. The van der Waals surface area contributed by atoms with Gasteiger partial charge < -0.3 is 15.3 Å². The van der Waals surface area contributed by atoms with Gasteiger partial charge in [0.05, 0.1) is 0 Å². The Kier molecular flexibility index (Phi) is 5.17. The molecule has 1 aromatic carbocycles. The summed E-state index contributed by atoms with van der Waals surface area (Å²) >= 11 is 0. The van der Waals surface area contributed by atoms with Crippen LogP contribution in [0.2, 0.25) is 0 Å². The quantitative estimate of drug-likeness (QED) is 0.688. The van der Waals surface area contributed by atoms with Crippen LogP contribution < -0.4 is 0 Å². The second-order valence-corrected chi connectivity index (χ2v) is 4.27. The minimum Gasteiger partial charge on any atom is -0.508 e. The molecule has 0 atom stereocenters. The molecule has 0 saturated carbocycles. The molecular formula is C13H16O5. The van der Waals surface area contributed by atoms with E-state index < -0.39 is 11.9 Å². The molecule has 0 saturated heterocycles. The molecule has 18 heavy (non-hydrogen) atoms. The number of rotatable bonds is 7. The predicted octanol–water partition coefficient (Wildman–Crippen LogP) is 1.89.